The van der Waals surface area contributed by atoms with Crippen LogP contribution >= 0.6 is 11.6 Å². The Kier molecular flexibility index (Phi) is 5.17. The summed E-state index contributed by atoms with van der Waals surface area (Å²) in [5.41, 5.74) is 9.88. The lowest BCUT2D eigenvalue weighted by atomic mass is 10.1. The molecule has 6 nitrogen and oxygen atoms in total. The number of aromatic nitrogens is 4. The van der Waals surface area contributed by atoms with E-state index < -0.39 is 0 Å². The normalized spacial score (nSPS) is 11.1. The highest BCUT2D eigenvalue weighted by atomic mass is 35.5. The van der Waals surface area contributed by atoms with E-state index in [0.717, 1.165) is 11.1 Å². The molecule has 8 heteroatoms. The first-order valence-corrected chi connectivity index (χ1v) is 10.3. The van der Waals surface area contributed by atoms with Crippen molar-refractivity contribution in [2.45, 2.75) is 6.54 Å². The summed E-state index contributed by atoms with van der Waals surface area (Å²) in [6.45, 7) is 0.548. The van der Waals surface area contributed by atoms with Gasteiger partial charge in [0, 0.05) is 17.1 Å². The molecule has 2 aromatic heterocycles. The molecular weight excluding hydrogens is 427 g/mol. The maximum atomic E-state index is 13.8. The van der Waals surface area contributed by atoms with E-state index in [0.29, 0.717) is 45.7 Å². The van der Waals surface area contributed by atoms with Gasteiger partial charge in [-0.3, -0.25) is 0 Å². The van der Waals surface area contributed by atoms with E-state index in [2.05, 4.69) is 15.4 Å². The van der Waals surface area contributed by atoms with Gasteiger partial charge in [-0.05, 0) is 35.9 Å². The van der Waals surface area contributed by atoms with Crippen molar-refractivity contribution in [1.29, 1.82) is 0 Å². The van der Waals surface area contributed by atoms with E-state index in [9.17, 15) is 4.39 Å². The fourth-order valence-electron chi connectivity index (χ4n) is 3.49. The smallest absolute Gasteiger partial charge is 0.225 e. The van der Waals surface area contributed by atoms with Gasteiger partial charge in [0.25, 0.3) is 0 Å². The highest BCUT2D eigenvalue weighted by molar-refractivity contribution is 6.30. The molecule has 32 heavy (non-hydrogen) atoms. The lowest BCUT2D eigenvalue weighted by molar-refractivity contribution is 0.625. The predicted molar refractivity (Wildman–Crippen MR) is 125 cm³/mol. The number of anilines is 2. The first-order chi connectivity index (χ1) is 15.6. The molecule has 0 aliphatic rings. The number of nitrogens with two attached hydrogens (primary N) is 1. The van der Waals surface area contributed by atoms with E-state index in [1.807, 2.05) is 42.5 Å². The maximum absolute atomic E-state index is 13.8. The van der Waals surface area contributed by atoms with Gasteiger partial charge in [-0.15, -0.1) is 5.10 Å². The summed E-state index contributed by atoms with van der Waals surface area (Å²) < 4.78 is 15.3. The third kappa shape index (κ3) is 3.86. The van der Waals surface area contributed by atoms with Gasteiger partial charge in [0.15, 0.2) is 5.65 Å². The molecule has 0 aliphatic carbocycles. The number of benzene rings is 3. The van der Waals surface area contributed by atoms with E-state index in [4.69, 9.17) is 22.3 Å². The topological polar surface area (TPSA) is 81.7 Å². The number of rotatable bonds is 5. The number of fused-ring (bicyclic) bond motifs is 1. The van der Waals surface area contributed by atoms with Crippen LogP contribution in [0.15, 0.2) is 78.9 Å². The van der Waals surface area contributed by atoms with Crippen LogP contribution in [0.2, 0.25) is 5.02 Å². The van der Waals surface area contributed by atoms with Crippen LogP contribution in [0.4, 0.5) is 16.2 Å². The molecule has 0 saturated carbocycles. The van der Waals surface area contributed by atoms with Gasteiger partial charge in [-0.2, -0.15) is 4.98 Å². The predicted octanol–water partition coefficient (Wildman–Crippen LogP) is 5.47. The lowest BCUT2D eigenvalue weighted by Crippen LogP contribution is -2.05. The molecule has 0 saturated heterocycles. The molecular formula is C24H18ClFN6. The zero-order valence-electron chi connectivity index (χ0n) is 16.8. The summed E-state index contributed by atoms with van der Waals surface area (Å²) >= 11 is 6.07. The van der Waals surface area contributed by atoms with Gasteiger partial charge < -0.3 is 11.1 Å². The molecule has 0 spiro atoms. The fraction of sp³-hybridized carbons (Fsp3) is 0.0417. The molecule has 5 rings (SSSR count). The van der Waals surface area contributed by atoms with Gasteiger partial charge in [0.05, 0.1) is 16.8 Å². The summed E-state index contributed by atoms with van der Waals surface area (Å²) in [5, 5.41) is 9.01. The lowest BCUT2D eigenvalue weighted by Gasteiger charge is -2.09. The van der Waals surface area contributed by atoms with E-state index in [-0.39, 0.29) is 5.82 Å². The van der Waals surface area contributed by atoms with Crippen molar-refractivity contribution in [2.24, 2.45) is 0 Å². The van der Waals surface area contributed by atoms with Crippen molar-refractivity contribution in [3.8, 4) is 16.9 Å². The second-order valence-electron chi connectivity index (χ2n) is 7.22. The molecule has 0 atom stereocenters. The summed E-state index contributed by atoms with van der Waals surface area (Å²) in [4.78, 5) is 9.30. The molecule has 3 aromatic carbocycles. The Morgan fingerprint density at radius 3 is 2.47 bits per heavy atom. The summed E-state index contributed by atoms with van der Waals surface area (Å²) in [6.07, 6.45) is 0. The second kappa shape index (κ2) is 8.28. The van der Waals surface area contributed by atoms with Crippen molar-refractivity contribution in [3.63, 3.8) is 0 Å². The number of nitrogen functional groups attached to an aromatic ring is 1. The molecule has 0 radical (unpaired) electrons. The van der Waals surface area contributed by atoms with Crippen molar-refractivity contribution >= 4 is 34.4 Å². The Labute approximate surface area is 188 Å². The molecule has 2 heterocycles. The highest BCUT2D eigenvalue weighted by Crippen LogP contribution is 2.33. The molecule has 5 aromatic rings. The largest absolute Gasteiger partial charge is 0.383 e. The summed E-state index contributed by atoms with van der Waals surface area (Å²) in [6, 6.07) is 23.3. The van der Waals surface area contributed by atoms with E-state index in [1.54, 1.807) is 24.3 Å². The van der Waals surface area contributed by atoms with Crippen LogP contribution < -0.4 is 11.1 Å². The van der Waals surface area contributed by atoms with Gasteiger partial charge in [0.2, 0.25) is 5.95 Å². The van der Waals surface area contributed by atoms with Crippen LogP contribution in [0.25, 0.3) is 28.0 Å². The molecule has 0 bridgehead atoms. The molecule has 0 fully saturated rings. The first-order valence-electron chi connectivity index (χ1n) is 9.94. The summed E-state index contributed by atoms with van der Waals surface area (Å²) in [5.74, 6) is 0.357. The Hall–Kier alpha value is -3.97. The van der Waals surface area contributed by atoms with Gasteiger partial charge in [-0.25, -0.2) is 14.1 Å². The second-order valence-corrected chi connectivity index (χ2v) is 7.65. The number of hydrogen-bond donors (Lipinski definition) is 2. The van der Waals surface area contributed by atoms with Crippen molar-refractivity contribution in [1.82, 2.24) is 19.7 Å². The minimum Gasteiger partial charge on any atom is -0.383 e. The Morgan fingerprint density at radius 1 is 0.938 bits per heavy atom. The number of nitrogens with one attached hydrogen (secondary N) is 1. The minimum absolute atomic E-state index is 0.324. The maximum Gasteiger partial charge on any atom is 0.225 e. The van der Waals surface area contributed by atoms with Crippen LogP contribution in [0, 0.1) is 5.82 Å². The van der Waals surface area contributed by atoms with Gasteiger partial charge in [-0.1, -0.05) is 60.1 Å². The fourth-order valence-corrected chi connectivity index (χ4v) is 3.61. The SMILES string of the molecule is Nc1c2c(-c3ccc(Cl)cc3)nc(NCc3ccccc3)nc2nn1-c1cccc(F)c1. The van der Waals surface area contributed by atoms with Crippen molar-refractivity contribution < 1.29 is 4.39 Å². The van der Waals surface area contributed by atoms with E-state index in [1.165, 1.54) is 16.8 Å². The molecule has 0 unspecified atom stereocenters. The number of hydrogen-bond acceptors (Lipinski definition) is 5. The van der Waals surface area contributed by atoms with Gasteiger partial charge in [0.1, 0.15) is 11.6 Å². The van der Waals surface area contributed by atoms with Crippen LogP contribution in [-0.4, -0.2) is 19.7 Å². The molecule has 158 valence electrons. The third-order valence-electron chi connectivity index (χ3n) is 5.03. The number of nitrogens with zero attached hydrogens (tertiary/aromatic N) is 4. The monoisotopic (exact) mass is 444 g/mol. The van der Waals surface area contributed by atoms with Crippen LogP contribution in [0.5, 0.6) is 0 Å². The standard InChI is InChI=1S/C24H18ClFN6/c25-17-11-9-16(10-12-17)21-20-22(27)32(19-8-4-7-18(26)13-19)31-23(20)30-24(29-21)28-14-15-5-2-1-3-6-15/h1-13H,14,27H2,(H,28,30,31). The van der Waals surface area contributed by atoms with Crippen LogP contribution in [0.3, 0.4) is 0 Å². The van der Waals surface area contributed by atoms with Gasteiger partial charge >= 0.3 is 0 Å². The van der Waals surface area contributed by atoms with Crippen molar-refractivity contribution in [2.75, 3.05) is 11.1 Å². The van der Waals surface area contributed by atoms with Crippen LogP contribution in [-0.2, 0) is 6.54 Å². The minimum atomic E-state index is -0.379. The zero-order valence-corrected chi connectivity index (χ0v) is 17.6. The Morgan fingerprint density at radius 2 is 1.72 bits per heavy atom. The zero-order chi connectivity index (χ0) is 22.1. The number of halogens is 2. The third-order valence-corrected chi connectivity index (χ3v) is 5.28. The molecule has 0 amide bonds. The summed E-state index contributed by atoms with van der Waals surface area (Å²) in [7, 11) is 0. The average molecular weight is 445 g/mol. The molecule has 0 aliphatic heterocycles. The highest BCUT2D eigenvalue weighted by Gasteiger charge is 2.19. The van der Waals surface area contributed by atoms with Crippen molar-refractivity contribution in [3.05, 3.63) is 95.3 Å². The Balaban J connectivity index is 1.65. The quantitative estimate of drug-likeness (QED) is 0.375. The average Bonchev–Trinajstić information content (AvgIpc) is 3.15. The first kappa shape index (κ1) is 20.0. The Bertz CT molecular complexity index is 1400. The van der Waals surface area contributed by atoms with E-state index >= 15 is 0 Å². The molecule has 3 N–H and O–H groups in total. The van der Waals surface area contributed by atoms with Crippen LogP contribution in [0.1, 0.15) is 5.56 Å².